The van der Waals surface area contributed by atoms with E-state index in [4.69, 9.17) is 9.47 Å². The molecule has 1 fully saturated rings. The van der Waals surface area contributed by atoms with Crippen LogP contribution in [0.15, 0.2) is 24.3 Å². The molecule has 1 aliphatic heterocycles. The average molecular weight is 692 g/mol. The van der Waals surface area contributed by atoms with Crippen LogP contribution in [0.25, 0.3) is 0 Å². The van der Waals surface area contributed by atoms with E-state index < -0.39 is 108 Å². The first-order valence-corrected chi connectivity index (χ1v) is 16.5. The Morgan fingerprint density at radius 2 is 1.59 bits per heavy atom. The van der Waals surface area contributed by atoms with Crippen LogP contribution in [0.3, 0.4) is 0 Å². The molecule has 0 spiro atoms. The number of alkyl halides is 3. The van der Waals surface area contributed by atoms with Gasteiger partial charge >= 0.3 is 12.1 Å². The van der Waals surface area contributed by atoms with Crippen molar-refractivity contribution in [1.82, 2.24) is 5.32 Å². The van der Waals surface area contributed by atoms with Gasteiger partial charge in [0.05, 0.1) is 29.4 Å². The van der Waals surface area contributed by atoms with Gasteiger partial charge in [-0.05, 0) is 13.3 Å². The van der Waals surface area contributed by atoms with Gasteiger partial charge in [-0.25, -0.2) is 0 Å². The zero-order valence-electron chi connectivity index (χ0n) is 27.1. The summed E-state index contributed by atoms with van der Waals surface area (Å²) >= 11 is 0. The van der Waals surface area contributed by atoms with Gasteiger partial charge in [0.1, 0.15) is 23.2 Å². The van der Waals surface area contributed by atoms with Crippen molar-refractivity contribution in [2.45, 2.75) is 120 Å². The van der Waals surface area contributed by atoms with E-state index in [1.54, 1.807) is 5.32 Å². The van der Waals surface area contributed by atoms with Crippen LogP contribution in [0, 0.1) is 0 Å². The predicted molar refractivity (Wildman–Crippen MR) is 166 cm³/mol. The smallest absolute Gasteiger partial charge is 0.471 e. The van der Waals surface area contributed by atoms with Crippen molar-refractivity contribution >= 4 is 23.3 Å². The second-order valence-corrected chi connectivity index (χ2v) is 13.1. The Balaban J connectivity index is 1.52. The number of ketones is 3. The van der Waals surface area contributed by atoms with Crippen LogP contribution < -0.4 is 5.32 Å². The predicted octanol–water partition coefficient (Wildman–Crippen LogP) is 4.47. The number of amides is 1. The molecule has 6 atom stereocenters. The summed E-state index contributed by atoms with van der Waals surface area (Å²) in [5.41, 5.74) is -3.61. The lowest BCUT2D eigenvalue weighted by molar-refractivity contribution is -0.250. The lowest BCUT2D eigenvalue weighted by atomic mass is 9.71. The second kappa shape index (κ2) is 14.2. The number of nitrogens with one attached hydrogen (secondary N) is 1. The molecule has 49 heavy (non-hydrogen) atoms. The van der Waals surface area contributed by atoms with Gasteiger partial charge < -0.3 is 35.2 Å². The highest BCUT2D eigenvalue weighted by Gasteiger charge is 2.50. The van der Waals surface area contributed by atoms with E-state index >= 15 is 0 Å². The first-order chi connectivity index (χ1) is 23.1. The Morgan fingerprint density at radius 3 is 2.20 bits per heavy atom. The molecule has 1 saturated heterocycles. The molecule has 2 aliphatic carbocycles. The first kappa shape index (κ1) is 36.4. The number of hydrogen-bond donors (Lipinski definition) is 5. The fourth-order valence-corrected chi connectivity index (χ4v) is 7.02. The van der Waals surface area contributed by atoms with Crippen molar-refractivity contribution in [1.29, 1.82) is 0 Å². The molecule has 2 aromatic carbocycles. The van der Waals surface area contributed by atoms with Crippen molar-refractivity contribution in [2.24, 2.45) is 0 Å². The Kier molecular flexibility index (Phi) is 10.5. The molecule has 5 N–H and O–H groups in total. The summed E-state index contributed by atoms with van der Waals surface area (Å²) in [6.45, 7) is 3.41. The number of rotatable bonds is 11. The number of fused-ring (bicyclic) bond motifs is 3. The molecule has 11 nitrogen and oxygen atoms in total. The van der Waals surface area contributed by atoms with Crippen LogP contribution in [-0.2, 0) is 25.5 Å². The number of Topliss-reactive ketones (excluding diaryl/α,β-unsaturated/α-hetero) is 1. The topological polar surface area (TPSA) is 180 Å². The number of aliphatic hydroxyl groups is 2. The molecule has 5 rings (SSSR count). The van der Waals surface area contributed by atoms with Gasteiger partial charge in [-0.15, -0.1) is 0 Å². The van der Waals surface area contributed by atoms with Crippen LogP contribution in [0.1, 0.15) is 121 Å². The summed E-state index contributed by atoms with van der Waals surface area (Å²) in [6, 6.07) is 4.35. The van der Waals surface area contributed by atoms with E-state index in [1.165, 1.54) is 31.2 Å². The summed E-state index contributed by atoms with van der Waals surface area (Å²) in [4.78, 5) is 52.5. The maximum atomic E-state index is 13.6. The van der Waals surface area contributed by atoms with E-state index in [0.29, 0.717) is 6.42 Å². The van der Waals surface area contributed by atoms with Crippen LogP contribution in [-0.4, -0.2) is 80.0 Å². The number of aromatic hydroxyl groups is 2. The van der Waals surface area contributed by atoms with Gasteiger partial charge in [-0.1, -0.05) is 63.3 Å². The van der Waals surface area contributed by atoms with E-state index in [2.05, 4.69) is 6.92 Å². The van der Waals surface area contributed by atoms with Crippen molar-refractivity contribution in [3.8, 4) is 11.5 Å². The number of benzene rings is 2. The monoisotopic (exact) mass is 691 g/mol. The molecule has 0 radical (unpaired) electrons. The number of hydrogen-bond acceptors (Lipinski definition) is 10. The number of unbranched alkanes of at least 4 members (excludes halogenated alkanes) is 5. The fourth-order valence-electron chi connectivity index (χ4n) is 7.02. The number of halogens is 3. The SMILES string of the molecule is CCCCCCCCC(=O)[C@]1(O)Cc2c(O)c3c(c(O)c2[C@@H](O[C@H]2C[C@H](NC(=O)C(F)(F)F)[C@H](O)[C@H](C)O2)C1)C(=O)c1ccccc1C3=O. The van der Waals surface area contributed by atoms with Crippen molar-refractivity contribution in [3.05, 3.63) is 57.6 Å². The van der Waals surface area contributed by atoms with Gasteiger partial charge in [0.15, 0.2) is 23.6 Å². The highest BCUT2D eigenvalue weighted by molar-refractivity contribution is 6.30. The molecule has 0 aromatic heterocycles. The summed E-state index contributed by atoms with van der Waals surface area (Å²) < 4.78 is 50.9. The minimum absolute atomic E-state index is 0.0113. The second-order valence-electron chi connectivity index (χ2n) is 13.1. The molecule has 3 aliphatic rings. The third-order valence-corrected chi connectivity index (χ3v) is 9.65. The molecule has 1 heterocycles. The number of carbonyl (C=O) groups is 4. The molecular formula is C35H40F3NO10. The molecule has 0 bridgehead atoms. The highest BCUT2D eigenvalue weighted by atomic mass is 19.4. The van der Waals surface area contributed by atoms with Gasteiger partial charge in [-0.3, -0.25) is 19.2 Å². The van der Waals surface area contributed by atoms with Crippen molar-refractivity contribution < 1.29 is 62.2 Å². The van der Waals surface area contributed by atoms with E-state index in [1.807, 2.05) is 0 Å². The Labute approximate surface area is 280 Å². The number of aliphatic hydroxyl groups excluding tert-OH is 1. The molecule has 2 aromatic rings. The first-order valence-electron chi connectivity index (χ1n) is 16.5. The number of ether oxygens (including phenoxy) is 2. The third kappa shape index (κ3) is 7.09. The molecule has 0 unspecified atom stereocenters. The molecule has 14 heteroatoms. The van der Waals surface area contributed by atoms with E-state index in [0.717, 1.165) is 32.1 Å². The summed E-state index contributed by atoms with van der Waals surface area (Å²) in [5.74, 6) is -5.85. The maximum absolute atomic E-state index is 13.6. The quantitative estimate of drug-likeness (QED) is 0.142. The summed E-state index contributed by atoms with van der Waals surface area (Å²) in [7, 11) is 0. The third-order valence-electron chi connectivity index (χ3n) is 9.65. The minimum Gasteiger partial charge on any atom is -0.507 e. The molecule has 266 valence electrons. The van der Waals surface area contributed by atoms with Crippen LogP contribution in [0.4, 0.5) is 13.2 Å². The van der Waals surface area contributed by atoms with Gasteiger partial charge in [0.2, 0.25) is 0 Å². The van der Waals surface area contributed by atoms with Gasteiger partial charge in [-0.2, -0.15) is 13.2 Å². The van der Waals surface area contributed by atoms with E-state index in [9.17, 15) is 52.8 Å². The molecule has 1 amide bonds. The van der Waals surface area contributed by atoms with Crippen LogP contribution in [0.2, 0.25) is 0 Å². The van der Waals surface area contributed by atoms with E-state index in [-0.39, 0.29) is 28.7 Å². The Bertz CT molecular complexity index is 1640. The van der Waals surface area contributed by atoms with Crippen LogP contribution in [0.5, 0.6) is 11.5 Å². The zero-order valence-corrected chi connectivity index (χ0v) is 27.1. The number of phenolic OH excluding ortho intramolecular Hbond substituents is 2. The average Bonchev–Trinajstić information content (AvgIpc) is 3.04. The summed E-state index contributed by atoms with van der Waals surface area (Å²) in [5, 5.41) is 47.3. The Morgan fingerprint density at radius 1 is 1.00 bits per heavy atom. The lowest BCUT2D eigenvalue weighted by Gasteiger charge is -2.43. The highest BCUT2D eigenvalue weighted by Crippen LogP contribution is 2.52. The normalized spacial score (nSPS) is 26.5. The van der Waals surface area contributed by atoms with Gasteiger partial charge in [0, 0.05) is 47.9 Å². The minimum atomic E-state index is -5.24. The molecular weight excluding hydrogens is 651 g/mol. The van der Waals surface area contributed by atoms with Crippen LogP contribution >= 0.6 is 0 Å². The largest absolute Gasteiger partial charge is 0.507 e. The fraction of sp³-hybridized carbons (Fsp3) is 0.543. The number of phenols is 2. The lowest BCUT2D eigenvalue weighted by Crippen LogP contribution is -2.57. The summed E-state index contributed by atoms with van der Waals surface area (Å²) in [6.07, 6.45) is -7.31. The Hall–Kier alpha value is -3.85. The standard InChI is InChI=1S/C35H40F3NO10/c1-3-4-5-6-7-8-13-23(40)34(47)15-20-25(32(45)27-26(31(20)44)29(42)18-11-9-10-12-19(18)30(27)43)22(16-34)49-24-14-21(28(41)17(2)48-24)39-33(46)35(36,37)38/h9-12,17,21-22,24,28,41,44-45,47H,3-8,13-16H2,1-2H3,(H,39,46)/t17-,21-,22-,24-,28+,34-/m0/s1. The number of carbonyl (C=O) groups excluding carboxylic acids is 4. The maximum Gasteiger partial charge on any atom is 0.471 e. The van der Waals surface area contributed by atoms with Crippen molar-refractivity contribution in [3.63, 3.8) is 0 Å². The molecule has 0 saturated carbocycles. The van der Waals surface area contributed by atoms with Crippen molar-refractivity contribution in [2.75, 3.05) is 0 Å². The van der Waals surface area contributed by atoms with Gasteiger partial charge in [0.25, 0.3) is 0 Å². The zero-order chi connectivity index (χ0) is 35.8.